The number of furan rings is 1. The van der Waals surface area contributed by atoms with Crippen molar-refractivity contribution >= 4 is 22.6 Å². The summed E-state index contributed by atoms with van der Waals surface area (Å²) in [7, 11) is 1.62. The number of rotatable bonds is 4. The summed E-state index contributed by atoms with van der Waals surface area (Å²) in [6, 6.07) is 13.5. The molecule has 0 spiro atoms. The van der Waals surface area contributed by atoms with Crippen LogP contribution in [0.1, 0.15) is 31.9 Å². The van der Waals surface area contributed by atoms with Crippen LogP contribution in [0.2, 0.25) is 0 Å². The van der Waals surface area contributed by atoms with Gasteiger partial charge in [-0.05, 0) is 29.2 Å². The number of anilines is 1. The van der Waals surface area contributed by atoms with Gasteiger partial charge in [0.05, 0.1) is 19.8 Å². The van der Waals surface area contributed by atoms with Crippen molar-refractivity contribution in [3.63, 3.8) is 0 Å². The molecule has 4 heteroatoms. The van der Waals surface area contributed by atoms with Crippen LogP contribution in [0.4, 0.5) is 5.69 Å². The van der Waals surface area contributed by atoms with Gasteiger partial charge in [-0.15, -0.1) is 0 Å². The predicted octanol–water partition coefficient (Wildman–Crippen LogP) is 4.92. The number of amides is 1. The van der Waals surface area contributed by atoms with Crippen molar-refractivity contribution in [1.29, 1.82) is 0 Å². The molecule has 130 valence electrons. The highest BCUT2D eigenvalue weighted by Crippen LogP contribution is 2.30. The third-order valence-electron chi connectivity index (χ3n) is 4.22. The van der Waals surface area contributed by atoms with E-state index < -0.39 is 0 Å². The molecule has 1 heterocycles. The normalized spacial score (nSPS) is 11.5. The third-order valence-corrected chi connectivity index (χ3v) is 4.22. The standard InChI is InChI=1S/C21H23NO3/c1-21(2,3)17-7-5-6-8-18(17)22-20(23)11-14-13-25-19-12-15(24-4)9-10-16(14)19/h5-10,12-13H,11H2,1-4H3,(H,22,23). The van der Waals surface area contributed by atoms with Gasteiger partial charge >= 0.3 is 0 Å². The van der Waals surface area contributed by atoms with Gasteiger partial charge in [-0.2, -0.15) is 0 Å². The summed E-state index contributed by atoms with van der Waals surface area (Å²) in [6.07, 6.45) is 1.90. The summed E-state index contributed by atoms with van der Waals surface area (Å²) >= 11 is 0. The van der Waals surface area contributed by atoms with Gasteiger partial charge in [0.25, 0.3) is 0 Å². The largest absolute Gasteiger partial charge is 0.497 e. The summed E-state index contributed by atoms with van der Waals surface area (Å²) in [6.45, 7) is 6.40. The molecule has 0 aliphatic heterocycles. The molecule has 0 saturated heterocycles. The third kappa shape index (κ3) is 3.68. The summed E-state index contributed by atoms with van der Waals surface area (Å²) in [4.78, 5) is 12.5. The van der Waals surface area contributed by atoms with Gasteiger partial charge in [0.15, 0.2) is 0 Å². The first-order valence-corrected chi connectivity index (χ1v) is 8.32. The van der Waals surface area contributed by atoms with Crippen LogP contribution in [0.15, 0.2) is 53.1 Å². The summed E-state index contributed by atoms with van der Waals surface area (Å²) in [5.74, 6) is 0.673. The number of hydrogen-bond acceptors (Lipinski definition) is 3. The molecule has 4 nitrogen and oxygen atoms in total. The number of ether oxygens (including phenoxy) is 1. The molecular formula is C21H23NO3. The maximum absolute atomic E-state index is 12.5. The predicted molar refractivity (Wildman–Crippen MR) is 100 cm³/mol. The first kappa shape index (κ1) is 17.1. The lowest BCUT2D eigenvalue weighted by Crippen LogP contribution is -2.19. The average Bonchev–Trinajstić information content (AvgIpc) is 2.96. The molecule has 1 amide bonds. The number of carbonyl (C=O) groups excluding carboxylic acids is 1. The fraction of sp³-hybridized carbons (Fsp3) is 0.286. The summed E-state index contributed by atoms with van der Waals surface area (Å²) < 4.78 is 10.8. The monoisotopic (exact) mass is 337 g/mol. The van der Waals surface area contributed by atoms with E-state index in [-0.39, 0.29) is 17.7 Å². The average molecular weight is 337 g/mol. The summed E-state index contributed by atoms with van der Waals surface area (Å²) in [5.41, 5.74) is 3.52. The molecule has 0 atom stereocenters. The number of hydrogen-bond donors (Lipinski definition) is 1. The van der Waals surface area contributed by atoms with E-state index in [1.807, 2.05) is 36.4 Å². The number of carbonyl (C=O) groups is 1. The van der Waals surface area contributed by atoms with Crippen molar-refractivity contribution in [2.45, 2.75) is 32.6 Å². The maximum atomic E-state index is 12.5. The lowest BCUT2D eigenvalue weighted by molar-refractivity contribution is -0.115. The molecule has 0 aliphatic carbocycles. The van der Waals surface area contributed by atoms with E-state index in [1.54, 1.807) is 13.4 Å². The first-order chi connectivity index (χ1) is 11.9. The Bertz CT molecular complexity index is 903. The van der Waals surface area contributed by atoms with Crippen LogP contribution in [-0.2, 0) is 16.6 Å². The Morgan fingerprint density at radius 1 is 1.16 bits per heavy atom. The minimum Gasteiger partial charge on any atom is -0.497 e. The number of benzene rings is 2. The molecule has 0 fully saturated rings. The highest BCUT2D eigenvalue weighted by atomic mass is 16.5. The number of methoxy groups -OCH3 is 1. The smallest absolute Gasteiger partial charge is 0.228 e. The van der Waals surface area contributed by atoms with Gasteiger partial charge in [0.2, 0.25) is 5.91 Å². The van der Waals surface area contributed by atoms with Gasteiger partial charge in [-0.25, -0.2) is 0 Å². The van der Waals surface area contributed by atoms with Crippen molar-refractivity contribution in [3.05, 3.63) is 59.9 Å². The van der Waals surface area contributed by atoms with Crippen LogP contribution in [0, 0.1) is 0 Å². The molecule has 0 unspecified atom stereocenters. The molecule has 0 aliphatic rings. The summed E-state index contributed by atoms with van der Waals surface area (Å²) in [5, 5.41) is 3.97. The molecule has 0 bridgehead atoms. The van der Waals surface area contributed by atoms with Crippen LogP contribution in [-0.4, -0.2) is 13.0 Å². The Kier molecular flexibility index (Phi) is 4.53. The van der Waals surface area contributed by atoms with E-state index in [9.17, 15) is 4.79 Å². The van der Waals surface area contributed by atoms with Crippen LogP contribution in [0.3, 0.4) is 0 Å². The molecule has 3 aromatic rings. The van der Waals surface area contributed by atoms with Gasteiger partial charge in [-0.3, -0.25) is 4.79 Å². The SMILES string of the molecule is COc1ccc2c(CC(=O)Nc3ccccc3C(C)(C)C)coc2c1. The minimum absolute atomic E-state index is 0.0389. The highest BCUT2D eigenvalue weighted by Gasteiger charge is 2.19. The van der Waals surface area contributed by atoms with Crippen molar-refractivity contribution in [3.8, 4) is 5.75 Å². The zero-order chi connectivity index (χ0) is 18.0. The quantitative estimate of drug-likeness (QED) is 0.735. The Balaban J connectivity index is 1.80. The van der Waals surface area contributed by atoms with Gasteiger partial charge < -0.3 is 14.5 Å². The van der Waals surface area contributed by atoms with Crippen molar-refractivity contribution < 1.29 is 13.9 Å². The van der Waals surface area contributed by atoms with Crippen molar-refractivity contribution in [1.82, 2.24) is 0 Å². The number of fused-ring (bicyclic) bond motifs is 1. The molecule has 3 rings (SSSR count). The molecular weight excluding hydrogens is 314 g/mol. The Morgan fingerprint density at radius 3 is 2.64 bits per heavy atom. The van der Waals surface area contributed by atoms with E-state index in [2.05, 4.69) is 32.2 Å². The van der Waals surface area contributed by atoms with Crippen LogP contribution in [0.5, 0.6) is 5.75 Å². The van der Waals surface area contributed by atoms with E-state index in [0.717, 1.165) is 33.5 Å². The second-order valence-electron chi connectivity index (χ2n) is 7.14. The van der Waals surface area contributed by atoms with Crippen molar-refractivity contribution in [2.24, 2.45) is 0 Å². The lowest BCUT2D eigenvalue weighted by Gasteiger charge is -2.23. The number of nitrogens with one attached hydrogen (secondary N) is 1. The molecule has 0 saturated carbocycles. The fourth-order valence-corrected chi connectivity index (χ4v) is 2.94. The first-order valence-electron chi connectivity index (χ1n) is 8.32. The Hall–Kier alpha value is -2.75. The molecule has 1 N–H and O–H groups in total. The van der Waals surface area contributed by atoms with Crippen LogP contribution in [0.25, 0.3) is 11.0 Å². The molecule has 0 radical (unpaired) electrons. The maximum Gasteiger partial charge on any atom is 0.228 e. The zero-order valence-electron chi connectivity index (χ0n) is 15.1. The van der Waals surface area contributed by atoms with Crippen molar-refractivity contribution in [2.75, 3.05) is 12.4 Å². The topological polar surface area (TPSA) is 51.5 Å². The Labute approximate surface area is 147 Å². The second-order valence-corrected chi connectivity index (χ2v) is 7.14. The minimum atomic E-state index is -0.0600. The molecule has 2 aromatic carbocycles. The van der Waals surface area contributed by atoms with Crippen LogP contribution >= 0.6 is 0 Å². The van der Waals surface area contributed by atoms with Gasteiger partial charge in [0, 0.05) is 22.7 Å². The lowest BCUT2D eigenvalue weighted by atomic mass is 9.86. The zero-order valence-corrected chi connectivity index (χ0v) is 15.1. The van der Waals surface area contributed by atoms with E-state index in [0.29, 0.717) is 0 Å². The van der Waals surface area contributed by atoms with Gasteiger partial charge in [0.1, 0.15) is 11.3 Å². The van der Waals surface area contributed by atoms with E-state index >= 15 is 0 Å². The van der Waals surface area contributed by atoms with E-state index in [4.69, 9.17) is 9.15 Å². The van der Waals surface area contributed by atoms with E-state index in [1.165, 1.54) is 0 Å². The Morgan fingerprint density at radius 2 is 1.92 bits per heavy atom. The van der Waals surface area contributed by atoms with Gasteiger partial charge in [-0.1, -0.05) is 39.0 Å². The molecule has 25 heavy (non-hydrogen) atoms. The molecule has 1 aromatic heterocycles. The second kappa shape index (κ2) is 6.63. The fourth-order valence-electron chi connectivity index (χ4n) is 2.94. The highest BCUT2D eigenvalue weighted by molar-refractivity contribution is 5.96. The number of para-hydroxylation sites is 1. The van der Waals surface area contributed by atoms with Crippen LogP contribution < -0.4 is 10.1 Å².